The minimum atomic E-state index is -3.85. The Bertz CT molecular complexity index is 605. The number of thioether (sulfide) groups is 1. The van der Waals surface area contributed by atoms with Crippen molar-refractivity contribution in [3.05, 3.63) is 29.6 Å². The Morgan fingerprint density at radius 2 is 2.05 bits per heavy atom. The molecule has 1 fully saturated rings. The second-order valence-corrected chi connectivity index (χ2v) is 7.14. The maximum absolute atomic E-state index is 13.4. The van der Waals surface area contributed by atoms with E-state index in [4.69, 9.17) is 5.26 Å². The van der Waals surface area contributed by atoms with E-state index in [-0.39, 0.29) is 10.9 Å². The minimum absolute atomic E-state index is 0.138. The van der Waals surface area contributed by atoms with Gasteiger partial charge in [0.1, 0.15) is 22.3 Å². The molecule has 1 saturated heterocycles. The molecule has 1 aromatic carbocycles. The number of nitriles is 1. The molecule has 0 aliphatic carbocycles. The second kappa shape index (κ2) is 5.90. The van der Waals surface area contributed by atoms with Crippen LogP contribution in [0.1, 0.15) is 18.4 Å². The Hall–Kier alpha value is -1.10. The summed E-state index contributed by atoms with van der Waals surface area (Å²) in [5.74, 6) is 0.993. The lowest BCUT2D eigenvalue weighted by Crippen LogP contribution is -2.37. The highest BCUT2D eigenvalue weighted by Crippen LogP contribution is 2.22. The Labute approximate surface area is 116 Å². The van der Waals surface area contributed by atoms with Gasteiger partial charge in [0, 0.05) is 6.04 Å². The van der Waals surface area contributed by atoms with E-state index >= 15 is 0 Å². The molecule has 0 aromatic heterocycles. The average molecular weight is 300 g/mol. The van der Waals surface area contributed by atoms with E-state index in [0.29, 0.717) is 0 Å². The average Bonchev–Trinajstić information content (AvgIpc) is 2.39. The van der Waals surface area contributed by atoms with Gasteiger partial charge in [-0.25, -0.2) is 17.5 Å². The Morgan fingerprint density at radius 1 is 1.37 bits per heavy atom. The lowest BCUT2D eigenvalue weighted by molar-refractivity contribution is 0.527. The van der Waals surface area contributed by atoms with Crippen LogP contribution in [0.2, 0.25) is 0 Å². The molecule has 0 unspecified atom stereocenters. The summed E-state index contributed by atoms with van der Waals surface area (Å²) in [6.45, 7) is 0. The number of sulfonamides is 1. The number of hydrogen-bond donors (Lipinski definition) is 1. The van der Waals surface area contributed by atoms with Crippen LogP contribution in [0.25, 0.3) is 0 Å². The lowest BCUT2D eigenvalue weighted by Gasteiger charge is -2.22. The summed E-state index contributed by atoms with van der Waals surface area (Å²) in [4.78, 5) is -0.284. The summed E-state index contributed by atoms with van der Waals surface area (Å²) in [6, 6.07) is 5.09. The molecular formula is C12H13FN2O2S2. The lowest BCUT2D eigenvalue weighted by atomic mass is 10.2. The zero-order valence-corrected chi connectivity index (χ0v) is 11.7. The van der Waals surface area contributed by atoms with E-state index in [2.05, 4.69) is 4.72 Å². The number of nitrogens with one attached hydrogen (secondary N) is 1. The molecule has 0 radical (unpaired) electrons. The van der Waals surface area contributed by atoms with E-state index in [9.17, 15) is 12.8 Å². The molecule has 102 valence electrons. The van der Waals surface area contributed by atoms with E-state index in [1.165, 1.54) is 12.1 Å². The number of hydrogen-bond acceptors (Lipinski definition) is 4. The smallest absolute Gasteiger partial charge is 0.208 e. The van der Waals surface area contributed by atoms with Gasteiger partial charge in [-0.3, -0.25) is 0 Å². The van der Waals surface area contributed by atoms with Gasteiger partial charge < -0.3 is 0 Å². The van der Waals surface area contributed by atoms with Gasteiger partial charge in [0.05, 0.1) is 0 Å². The summed E-state index contributed by atoms with van der Waals surface area (Å²) in [5.41, 5.74) is -0.430. The van der Waals surface area contributed by atoms with Gasteiger partial charge in [0.2, 0.25) is 10.0 Å². The Kier molecular flexibility index (Phi) is 4.45. The summed E-state index contributed by atoms with van der Waals surface area (Å²) in [6.07, 6.45) is 1.50. The highest BCUT2D eigenvalue weighted by molar-refractivity contribution is 7.99. The van der Waals surface area contributed by atoms with Crippen LogP contribution < -0.4 is 4.72 Å². The quantitative estimate of drug-likeness (QED) is 0.925. The first-order valence-electron chi connectivity index (χ1n) is 5.83. The largest absolute Gasteiger partial charge is 0.242 e. The van der Waals surface area contributed by atoms with Crippen LogP contribution in [0, 0.1) is 17.1 Å². The normalized spacial score (nSPS) is 17.1. The van der Waals surface area contributed by atoms with Crippen molar-refractivity contribution in [1.82, 2.24) is 4.72 Å². The molecule has 19 heavy (non-hydrogen) atoms. The molecule has 4 nitrogen and oxygen atoms in total. The first-order chi connectivity index (χ1) is 9.04. The standard InChI is InChI=1S/C12H13FN2O2S2/c13-11-2-1-3-12(10(11)8-14)19(16,17)15-9-4-6-18-7-5-9/h1-3,9,15H,4-7H2. The van der Waals surface area contributed by atoms with Gasteiger partial charge in [-0.15, -0.1) is 0 Å². The van der Waals surface area contributed by atoms with Crippen LogP contribution in [-0.4, -0.2) is 26.0 Å². The molecule has 0 bridgehead atoms. The number of benzene rings is 1. The fraction of sp³-hybridized carbons (Fsp3) is 0.417. The van der Waals surface area contributed by atoms with Crippen molar-refractivity contribution in [3.63, 3.8) is 0 Å². The molecule has 0 spiro atoms. The predicted molar refractivity (Wildman–Crippen MR) is 71.8 cm³/mol. The van der Waals surface area contributed by atoms with Gasteiger partial charge in [-0.2, -0.15) is 17.0 Å². The molecule has 1 N–H and O–H groups in total. The third-order valence-electron chi connectivity index (χ3n) is 2.92. The monoisotopic (exact) mass is 300 g/mol. The van der Waals surface area contributed by atoms with Crippen molar-refractivity contribution in [2.75, 3.05) is 11.5 Å². The Morgan fingerprint density at radius 3 is 2.68 bits per heavy atom. The third-order valence-corrected chi connectivity index (χ3v) is 5.53. The van der Waals surface area contributed by atoms with E-state index in [0.717, 1.165) is 30.4 Å². The van der Waals surface area contributed by atoms with Gasteiger partial charge in [0.25, 0.3) is 0 Å². The maximum atomic E-state index is 13.4. The zero-order chi connectivity index (χ0) is 13.9. The highest BCUT2D eigenvalue weighted by Gasteiger charge is 2.25. The van der Waals surface area contributed by atoms with Crippen LogP contribution in [0.3, 0.4) is 0 Å². The van der Waals surface area contributed by atoms with Crippen LogP contribution in [0.15, 0.2) is 23.1 Å². The van der Waals surface area contributed by atoms with Crippen molar-refractivity contribution >= 4 is 21.8 Å². The number of rotatable bonds is 3. The topological polar surface area (TPSA) is 70.0 Å². The SMILES string of the molecule is N#Cc1c(F)cccc1S(=O)(=O)NC1CCSCC1. The van der Waals surface area contributed by atoms with Crippen LogP contribution in [-0.2, 0) is 10.0 Å². The first-order valence-corrected chi connectivity index (χ1v) is 8.47. The summed E-state index contributed by atoms with van der Waals surface area (Å²) in [7, 11) is -3.85. The predicted octanol–water partition coefficient (Wildman–Crippen LogP) is 1.87. The summed E-state index contributed by atoms with van der Waals surface area (Å²) < 4.78 is 40.4. The fourth-order valence-electron chi connectivity index (χ4n) is 1.94. The molecule has 7 heteroatoms. The van der Waals surface area contributed by atoms with E-state index in [1.54, 1.807) is 17.8 Å². The van der Waals surface area contributed by atoms with Gasteiger partial charge >= 0.3 is 0 Å². The minimum Gasteiger partial charge on any atom is -0.208 e. The molecule has 0 atom stereocenters. The first kappa shape index (κ1) is 14.3. The highest BCUT2D eigenvalue weighted by atomic mass is 32.2. The number of nitrogens with zero attached hydrogens (tertiary/aromatic N) is 1. The molecule has 1 aromatic rings. The molecule has 2 rings (SSSR count). The van der Waals surface area contributed by atoms with Crippen LogP contribution >= 0.6 is 11.8 Å². The van der Waals surface area contributed by atoms with Crippen LogP contribution in [0.5, 0.6) is 0 Å². The van der Waals surface area contributed by atoms with Crippen LogP contribution in [0.4, 0.5) is 4.39 Å². The summed E-state index contributed by atoms with van der Waals surface area (Å²) in [5, 5.41) is 8.88. The zero-order valence-electron chi connectivity index (χ0n) is 10.1. The fourth-order valence-corrected chi connectivity index (χ4v) is 4.51. The van der Waals surface area contributed by atoms with Gasteiger partial charge in [-0.1, -0.05) is 6.07 Å². The van der Waals surface area contributed by atoms with Crippen molar-refractivity contribution < 1.29 is 12.8 Å². The molecule has 1 aliphatic rings. The molecule has 1 aliphatic heterocycles. The molecule has 0 amide bonds. The number of halogens is 1. The van der Waals surface area contributed by atoms with Crippen molar-refractivity contribution in [2.45, 2.75) is 23.8 Å². The second-order valence-electron chi connectivity index (χ2n) is 4.23. The van der Waals surface area contributed by atoms with Crippen molar-refractivity contribution in [3.8, 4) is 6.07 Å². The molecule has 0 saturated carbocycles. The van der Waals surface area contributed by atoms with Crippen molar-refractivity contribution in [1.29, 1.82) is 5.26 Å². The third kappa shape index (κ3) is 3.26. The van der Waals surface area contributed by atoms with Crippen molar-refractivity contribution in [2.24, 2.45) is 0 Å². The molecular weight excluding hydrogens is 287 g/mol. The van der Waals surface area contributed by atoms with Gasteiger partial charge in [-0.05, 0) is 36.5 Å². The Balaban J connectivity index is 2.29. The molecule has 1 heterocycles. The summed E-state index contributed by atoms with van der Waals surface area (Å²) >= 11 is 1.78. The maximum Gasteiger partial charge on any atom is 0.242 e. The van der Waals surface area contributed by atoms with Gasteiger partial charge in [0.15, 0.2) is 0 Å². The van der Waals surface area contributed by atoms with E-state index < -0.39 is 21.4 Å². The van der Waals surface area contributed by atoms with E-state index in [1.807, 2.05) is 0 Å².